The Bertz CT molecular complexity index is 197. The average molecular weight is 192 g/mol. The number of hydrogen-bond acceptors (Lipinski definition) is 2. The monoisotopic (exact) mass is 192 g/mol. The molecular weight excluding hydrogens is 178 g/mol. The summed E-state index contributed by atoms with van der Waals surface area (Å²) in [4.78, 5) is 11.2. The van der Waals surface area contributed by atoms with E-state index in [9.17, 15) is 13.6 Å². The van der Waals surface area contributed by atoms with E-state index in [1.54, 1.807) is 0 Å². The predicted octanol–water partition coefficient (Wildman–Crippen LogP) is 0.510. The third-order valence-corrected chi connectivity index (χ3v) is 1.98. The summed E-state index contributed by atoms with van der Waals surface area (Å²) >= 11 is 0. The molecule has 1 amide bonds. The van der Waals surface area contributed by atoms with E-state index in [4.69, 9.17) is 0 Å². The molecule has 0 bridgehead atoms. The first-order chi connectivity index (χ1) is 6.05. The van der Waals surface area contributed by atoms with E-state index in [1.165, 1.54) is 0 Å². The minimum atomic E-state index is -2.73. The second-order valence-electron chi connectivity index (χ2n) is 3.28. The summed E-state index contributed by atoms with van der Waals surface area (Å²) < 4.78 is 25.3. The fourth-order valence-electron chi connectivity index (χ4n) is 1.27. The summed E-state index contributed by atoms with van der Waals surface area (Å²) in [6.45, 7) is 2.07. The zero-order valence-corrected chi connectivity index (χ0v) is 7.57. The molecule has 0 spiro atoms. The maximum Gasteiger partial charge on any atom is 0.262 e. The molecule has 1 fully saturated rings. The van der Waals surface area contributed by atoms with E-state index in [2.05, 4.69) is 10.6 Å². The van der Waals surface area contributed by atoms with Gasteiger partial charge in [-0.05, 0) is 6.42 Å². The Morgan fingerprint density at radius 3 is 2.85 bits per heavy atom. The van der Waals surface area contributed by atoms with Crippen molar-refractivity contribution in [3.8, 4) is 0 Å². The number of carbonyl (C=O) groups excluding carboxylic acids is 1. The topological polar surface area (TPSA) is 41.1 Å². The molecule has 1 rings (SSSR count). The molecule has 3 nitrogen and oxygen atoms in total. The first-order valence-electron chi connectivity index (χ1n) is 4.44. The quantitative estimate of drug-likeness (QED) is 0.684. The molecular formula is C8H14F2N2O. The van der Waals surface area contributed by atoms with Crippen LogP contribution in [0.3, 0.4) is 0 Å². The van der Waals surface area contributed by atoms with Crippen molar-refractivity contribution in [1.29, 1.82) is 0 Å². The fraction of sp³-hybridized carbons (Fsp3) is 0.875. The van der Waals surface area contributed by atoms with Crippen molar-refractivity contribution in [2.75, 3.05) is 13.1 Å². The molecule has 0 aromatic heterocycles. The number of rotatable bonds is 3. The number of halogens is 2. The first-order valence-corrected chi connectivity index (χ1v) is 4.44. The number of carbonyl (C=O) groups is 1. The van der Waals surface area contributed by atoms with E-state index in [0.29, 0.717) is 6.54 Å². The van der Waals surface area contributed by atoms with Gasteiger partial charge in [-0.15, -0.1) is 0 Å². The van der Waals surface area contributed by atoms with Gasteiger partial charge in [-0.1, -0.05) is 6.92 Å². The van der Waals surface area contributed by atoms with Crippen LogP contribution in [0.2, 0.25) is 0 Å². The Balaban J connectivity index is 2.33. The van der Waals surface area contributed by atoms with Gasteiger partial charge >= 0.3 is 0 Å². The number of nitrogens with one attached hydrogen (secondary N) is 2. The summed E-state index contributed by atoms with van der Waals surface area (Å²) in [5.74, 6) is -3.05. The van der Waals surface area contributed by atoms with Gasteiger partial charge in [-0.3, -0.25) is 10.1 Å². The molecule has 5 heteroatoms. The Kier molecular flexibility index (Phi) is 3.19. The fourth-order valence-corrected chi connectivity index (χ4v) is 1.27. The van der Waals surface area contributed by atoms with Crippen molar-refractivity contribution >= 4 is 5.91 Å². The Morgan fingerprint density at radius 1 is 1.69 bits per heavy atom. The maximum atomic E-state index is 12.6. The van der Waals surface area contributed by atoms with Crippen molar-refractivity contribution < 1.29 is 13.6 Å². The first kappa shape index (κ1) is 10.4. The third kappa shape index (κ3) is 2.91. The molecule has 1 heterocycles. The molecule has 1 atom stereocenters. The van der Waals surface area contributed by atoms with Crippen LogP contribution in [0.5, 0.6) is 0 Å². The summed E-state index contributed by atoms with van der Waals surface area (Å²) in [6, 6.07) is -0.721. The molecule has 0 saturated carbocycles. The molecule has 1 aliphatic rings. The summed E-state index contributed by atoms with van der Waals surface area (Å²) in [5, 5.41) is 5.07. The standard InChI is InChI=1S/C8H14F2N2O/c1-2-3-11-7(13)6-4-8(9,10)5-12-6/h6,12H,2-5H2,1H3,(H,11,13)/t6-/m1/s1. The molecule has 1 saturated heterocycles. The van der Waals surface area contributed by atoms with Gasteiger partial charge < -0.3 is 5.32 Å². The van der Waals surface area contributed by atoms with Crippen molar-refractivity contribution in [3.05, 3.63) is 0 Å². The lowest BCUT2D eigenvalue weighted by Gasteiger charge is -2.09. The highest BCUT2D eigenvalue weighted by Crippen LogP contribution is 2.24. The van der Waals surface area contributed by atoms with E-state index < -0.39 is 18.5 Å². The second kappa shape index (κ2) is 4.00. The lowest BCUT2D eigenvalue weighted by atomic mass is 10.2. The zero-order valence-electron chi connectivity index (χ0n) is 7.57. The van der Waals surface area contributed by atoms with Crippen LogP contribution in [0, 0.1) is 0 Å². The molecule has 1 aliphatic heterocycles. The largest absolute Gasteiger partial charge is 0.355 e. The van der Waals surface area contributed by atoms with Gasteiger partial charge in [-0.25, -0.2) is 8.78 Å². The molecule has 0 aromatic rings. The number of alkyl halides is 2. The van der Waals surface area contributed by atoms with Crippen LogP contribution in [-0.2, 0) is 4.79 Å². The number of amides is 1. The van der Waals surface area contributed by atoms with Crippen LogP contribution >= 0.6 is 0 Å². The highest BCUT2D eigenvalue weighted by atomic mass is 19.3. The van der Waals surface area contributed by atoms with Gasteiger partial charge in [0, 0.05) is 13.0 Å². The molecule has 13 heavy (non-hydrogen) atoms. The SMILES string of the molecule is CCCNC(=O)[C@H]1CC(F)(F)CN1. The predicted molar refractivity (Wildman–Crippen MR) is 44.7 cm³/mol. The summed E-state index contributed by atoms with van der Waals surface area (Å²) in [7, 11) is 0. The molecule has 0 aromatic carbocycles. The van der Waals surface area contributed by atoms with Crippen molar-refractivity contribution in [2.45, 2.75) is 31.7 Å². The van der Waals surface area contributed by atoms with Crippen LogP contribution in [0.15, 0.2) is 0 Å². The Morgan fingerprint density at radius 2 is 2.38 bits per heavy atom. The summed E-state index contributed by atoms with van der Waals surface area (Å²) in [5.41, 5.74) is 0. The molecule has 0 unspecified atom stereocenters. The van der Waals surface area contributed by atoms with Crippen molar-refractivity contribution in [3.63, 3.8) is 0 Å². The maximum absolute atomic E-state index is 12.6. The van der Waals surface area contributed by atoms with E-state index in [1.807, 2.05) is 6.92 Å². The second-order valence-corrected chi connectivity index (χ2v) is 3.28. The lowest BCUT2D eigenvalue weighted by Crippen LogP contribution is -2.40. The Labute approximate surface area is 75.9 Å². The van der Waals surface area contributed by atoms with Gasteiger partial charge in [-0.2, -0.15) is 0 Å². The smallest absolute Gasteiger partial charge is 0.262 e. The van der Waals surface area contributed by atoms with Gasteiger partial charge in [0.25, 0.3) is 5.92 Å². The lowest BCUT2D eigenvalue weighted by molar-refractivity contribution is -0.123. The summed E-state index contributed by atoms with van der Waals surface area (Å²) in [6.07, 6.45) is 0.428. The average Bonchev–Trinajstić information content (AvgIpc) is 2.42. The zero-order chi connectivity index (χ0) is 9.90. The van der Waals surface area contributed by atoms with Gasteiger partial charge in [0.1, 0.15) is 0 Å². The van der Waals surface area contributed by atoms with E-state index >= 15 is 0 Å². The highest BCUT2D eigenvalue weighted by molar-refractivity contribution is 5.82. The molecule has 76 valence electrons. The van der Waals surface area contributed by atoms with E-state index in [-0.39, 0.29) is 12.3 Å². The normalized spacial score (nSPS) is 25.9. The van der Waals surface area contributed by atoms with Crippen LogP contribution in [0.4, 0.5) is 8.78 Å². The van der Waals surface area contributed by atoms with E-state index in [0.717, 1.165) is 6.42 Å². The highest BCUT2D eigenvalue weighted by Gasteiger charge is 2.42. The molecule has 0 radical (unpaired) electrons. The van der Waals surface area contributed by atoms with Gasteiger partial charge in [0.05, 0.1) is 12.6 Å². The van der Waals surface area contributed by atoms with Crippen LogP contribution in [0.1, 0.15) is 19.8 Å². The number of hydrogen-bond donors (Lipinski definition) is 2. The molecule has 2 N–H and O–H groups in total. The van der Waals surface area contributed by atoms with Crippen molar-refractivity contribution in [1.82, 2.24) is 10.6 Å². The van der Waals surface area contributed by atoms with Crippen molar-refractivity contribution in [2.24, 2.45) is 0 Å². The van der Waals surface area contributed by atoms with Gasteiger partial charge in [0.15, 0.2) is 0 Å². The minimum Gasteiger partial charge on any atom is -0.355 e. The van der Waals surface area contributed by atoms with Crippen LogP contribution in [-0.4, -0.2) is 31.0 Å². The minimum absolute atomic E-state index is 0.320. The third-order valence-electron chi connectivity index (χ3n) is 1.98. The van der Waals surface area contributed by atoms with Crippen LogP contribution < -0.4 is 10.6 Å². The Hall–Kier alpha value is -0.710. The molecule has 0 aliphatic carbocycles. The van der Waals surface area contributed by atoms with Gasteiger partial charge in [0.2, 0.25) is 5.91 Å². The van der Waals surface area contributed by atoms with Crippen LogP contribution in [0.25, 0.3) is 0 Å².